The van der Waals surface area contributed by atoms with Crippen molar-refractivity contribution in [3.63, 3.8) is 0 Å². The Hall–Kier alpha value is -3.01. The van der Waals surface area contributed by atoms with Crippen LogP contribution in [0.25, 0.3) is 0 Å². The normalized spacial score (nSPS) is 16.7. The summed E-state index contributed by atoms with van der Waals surface area (Å²) in [5, 5.41) is 14.1. The molecule has 1 aliphatic heterocycles. The zero-order valence-corrected chi connectivity index (χ0v) is 13.6. The first kappa shape index (κ1) is 17.3. The third-order valence-corrected chi connectivity index (χ3v) is 3.51. The Morgan fingerprint density at radius 1 is 1.29 bits per heavy atom. The monoisotopic (exact) mass is 329 g/mol. The van der Waals surface area contributed by atoms with Crippen LogP contribution in [-0.2, 0) is 9.53 Å². The molecular weight excluding hydrogens is 310 g/mol. The minimum Gasteiger partial charge on any atom is -0.487 e. The lowest BCUT2D eigenvalue weighted by atomic mass is 10.0. The molecule has 0 fully saturated rings. The number of hydrogen-bond donors (Lipinski definition) is 2. The van der Waals surface area contributed by atoms with E-state index in [1.165, 1.54) is 0 Å². The van der Waals surface area contributed by atoms with E-state index in [9.17, 15) is 9.59 Å². The first-order valence-electron chi connectivity index (χ1n) is 7.69. The SMILES string of the molecule is CCOC(=O)C1=C(COc2ccc(C#N)cc2)NC(=O)NC1CC. The number of hydrogen-bond acceptors (Lipinski definition) is 5. The number of nitriles is 1. The molecule has 0 aliphatic carbocycles. The van der Waals surface area contributed by atoms with Crippen LogP contribution < -0.4 is 15.4 Å². The van der Waals surface area contributed by atoms with Crippen molar-refractivity contribution in [3.8, 4) is 11.8 Å². The van der Waals surface area contributed by atoms with E-state index in [1.54, 1.807) is 31.2 Å². The largest absolute Gasteiger partial charge is 0.487 e. The van der Waals surface area contributed by atoms with Crippen molar-refractivity contribution >= 4 is 12.0 Å². The van der Waals surface area contributed by atoms with Gasteiger partial charge in [0.15, 0.2) is 0 Å². The summed E-state index contributed by atoms with van der Waals surface area (Å²) >= 11 is 0. The molecule has 7 heteroatoms. The van der Waals surface area contributed by atoms with Crippen LogP contribution in [0.1, 0.15) is 25.8 Å². The molecule has 0 saturated carbocycles. The number of carbonyl (C=O) groups excluding carboxylic acids is 2. The number of esters is 1. The molecule has 0 aromatic heterocycles. The minimum atomic E-state index is -0.477. The van der Waals surface area contributed by atoms with Gasteiger partial charge >= 0.3 is 12.0 Å². The summed E-state index contributed by atoms with van der Waals surface area (Å²) in [4.78, 5) is 24.0. The fourth-order valence-electron chi connectivity index (χ4n) is 2.36. The molecule has 2 rings (SSSR count). The number of amides is 2. The molecule has 126 valence electrons. The zero-order chi connectivity index (χ0) is 17.5. The van der Waals surface area contributed by atoms with Gasteiger partial charge in [0.2, 0.25) is 0 Å². The Balaban J connectivity index is 2.21. The van der Waals surface area contributed by atoms with Crippen LogP contribution in [0.5, 0.6) is 5.75 Å². The second-order valence-electron chi connectivity index (χ2n) is 5.10. The first-order valence-corrected chi connectivity index (χ1v) is 7.69. The third-order valence-electron chi connectivity index (χ3n) is 3.51. The van der Waals surface area contributed by atoms with Crippen LogP contribution in [0.15, 0.2) is 35.5 Å². The number of rotatable bonds is 6. The molecule has 1 heterocycles. The predicted molar refractivity (Wildman–Crippen MR) is 86.1 cm³/mol. The van der Waals surface area contributed by atoms with Crippen LogP contribution in [0.4, 0.5) is 4.79 Å². The van der Waals surface area contributed by atoms with Crippen molar-refractivity contribution < 1.29 is 19.1 Å². The van der Waals surface area contributed by atoms with Crippen LogP contribution in [0.2, 0.25) is 0 Å². The van der Waals surface area contributed by atoms with Crippen LogP contribution in [-0.4, -0.2) is 31.3 Å². The molecule has 0 spiro atoms. The summed E-state index contributed by atoms with van der Waals surface area (Å²) in [6, 6.07) is 7.80. The lowest BCUT2D eigenvalue weighted by Gasteiger charge is -2.28. The van der Waals surface area contributed by atoms with Gasteiger partial charge in [0.25, 0.3) is 0 Å². The third kappa shape index (κ3) is 4.04. The minimum absolute atomic E-state index is 0.0178. The number of urea groups is 1. The number of nitrogens with one attached hydrogen (secondary N) is 2. The lowest BCUT2D eigenvalue weighted by molar-refractivity contribution is -0.139. The Morgan fingerprint density at radius 3 is 2.58 bits per heavy atom. The second kappa shape index (κ2) is 8.02. The van der Waals surface area contributed by atoms with E-state index in [0.717, 1.165) is 0 Å². The summed E-state index contributed by atoms with van der Waals surface area (Å²) in [6.07, 6.45) is 0.557. The standard InChI is InChI=1S/C17H19N3O4/c1-3-13-15(16(21)23-4-2)14(20-17(22)19-13)10-24-12-7-5-11(9-18)6-8-12/h5-8,13H,3-4,10H2,1-2H3,(H2,19,20,22). The summed E-state index contributed by atoms with van der Waals surface area (Å²) in [6.45, 7) is 3.86. The highest BCUT2D eigenvalue weighted by atomic mass is 16.5. The average Bonchev–Trinajstić information content (AvgIpc) is 2.59. The van der Waals surface area contributed by atoms with Gasteiger partial charge < -0.3 is 20.1 Å². The van der Waals surface area contributed by atoms with Gasteiger partial charge in [-0.1, -0.05) is 6.92 Å². The fourth-order valence-corrected chi connectivity index (χ4v) is 2.36. The molecule has 1 aliphatic rings. The van der Waals surface area contributed by atoms with Crippen molar-refractivity contribution in [2.24, 2.45) is 0 Å². The quantitative estimate of drug-likeness (QED) is 0.776. The van der Waals surface area contributed by atoms with Gasteiger partial charge in [0, 0.05) is 0 Å². The number of carbonyl (C=O) groups is 2. The molecule has 2 N–H and O–H groups in total. The maximum Gasteiger partial charge on any atom is 0.338 e. The zero-order valence-electron chi connectivity index (χ0n) is 13.6. The number of nitrogens with zero attached hydrogens (tertiary/aromatic N) is 1. The van der Waals surface area contributed by atoms with Gasteiger partial charge in [0.05, 0.1) is 35.6 Å². The highest BCUT2D eigenvalue weighted by molar-refractivity contribution is 5.94. The van der Waals surface area contributed by atoms with Gasteiger partial charge in [0.1, 0.15) is 12.4 Å². The highest BCUT2D eigenvalue weighted by Crippen LogP contribution is 2.19. The van der Waals surface area contributed by atoms with E-state index < -0.39 is 12.0 Å². The molecule has 0 bridgehead atoms. The highest BCUT2D eigenvalue weighted by Gasteiger charge is 2.31. The fraction of sp³-hybridized carbons (Fsp3) is 0.353. The molecule has 1 unspecified atom stereocenters. The molecule has 1 aromatic carbocycles. The van der Waals surface area contributed by atoms with Crippen molar-refractivity contribution in [3.05, 3.63) is 41.1 Å². The molecular formula is C17H19N3O4. The van der Waals surface area contributed by atoms with Gasteiger partial charge in [-0.3, -0.25) is 0 Å². The van der Waals surface area contributed by atoms with E-state index in [4.69, 9.17) is 14.7 Å². The van der Waals surface area contributed by atoms with E-state index in [1.807, 2.05) is 13.0 Å². The maximum atomic E-state index is 12.2. The van der Waals surface area contributed by atoms with Crippen molar-refractivity contribution in [1.29, 1.82) is 5.26 Å². The van der Waals surface area contributed by atoms with Crippen LogP contribution in [0.3, 0.4) is 0 Å². The van der Waals surface area contributed by atoms with Gasteiger partial charge in [-0.2, -0.15) is 5.26 Å². The maximum absolute atomic E-state index is 12.2. The summed E-state index contributed by atoms with van der Waals surface area (Å²) in [5.41, 5.74) is 1.27. The Labute approximate surface area is 140 Å². The van der Waals surface area contributed by atoms with E-state index in [2.05, 4.69) is 10.6 Å². The van der Waals surface area contributed by atoms with E-state index in [0.29, 0.717) is 29.0 Å². The smallest absolute Gasteiger partial charge is 0.338 e. The summed E-state index contributed by atoms with van der Waals surface area (Å²) in [7, 11) is 0. The second-order valence-corrected chi connectivity index (χ2v) is 5.10. The van der Waals surface area contributed by atoms with Gasteiger partial charge in [-0.05, 0) is 37.6 Å². The van der Waals surface area contributed by atoms with Crippen LogP contribution >= 0.6 is 0 Å². The molecule has 1 aromatic rings. The Morgan fingerprint density at radius 2 is 2.00 bits per heavy atom. The predicted octanol–water partition coefficient (Wildman–Crippen LogP) is 1.85. The molecule has 24 heavy (non-hydrogen) atoms. The van der Waals surface area contributed by atoms with Crippen LogP contribution in [0, 0.1) is 11.3 Å². The number of ether oxygens (including phenoxy) is 2. The lowest BCUT2D eigenvalue weighted by Crippen LogP contribution is -2.51. The van der Waals surface area contributed by atoms with Crippen molar-refractivity contribution in [2.45, 2.75) is 26.3 Å². The number of benzene rings is 1. The molecule has 1 atom stereocenters. The van der Waals surface area contributed by atoms with Gasteiger partial charge in [-0.25, -0.2) is 9.59 Å². The molecule has 0 saturated heterocycles. The topological polar surface area (TPSA) is 100 Å². The first-order chi connectivity index (χ1) is 11.6. The van der Waals surface area contributed by atoms with E-state index >= 15 is 0 Å². The summed E-state index contributed by atoms with van der Waals surface area (Å²) in [5.74, 6) is 0.0563. The Kier molecular flexibility index (Phi) is 5.79. The van der Waals surface area contributed by atoms with Gasteiger partial charge in [-0.15, -0.1) is 0 Å². The average molecular weight is 329 g/mol. The van der Waals surface area contributed by atoms with Crippen molar-refractivity contribution in [2.75, 3.05) is 13.2 Å². The molecule has 7 nitrogen and oxygen atoms in total. The van der Waals surface area contributed by atoms with E-state index in [-0.39, 0.29) is 19.2 Å². The summed E-state index contributed by atoms with van der Waals surface area (Å²) < 4.78 is 10.7. The molecule has 0 radical (unpaired) electrons. The molecule has 2 amide bonds. The Bertz CT molecular complexity index is 689. The van der Waals surface area contributed by atoms with Crippen molar-refractivity contribution in [1.82, 2.24) is 10.6 Å².